The van der Waals surface area contributed by atoms with E-state index in [1.54, 1.807) is 13.8 Å². The summed E-state index contributed by atoms with van der Waals surface area (Å²) in [5.74, 6) is -0.470. The lowest BCUT2D eigenvalue weighted by atomic mass is 10.1. The van der Waals surface area contributed by atoms with Gasteiger partial charge in [0.05, 0.1) is 11.7 Å². The molecule has 2 aromatic rings. The van der Waals surface area contributed by atoms with Crippen LogP contribution in [0.15, 0.2) is 22.7 Å². The van der Waals surface area contributed by atoms with Crippen molar-refractivity contribution in [1.82, 2.24) is 15.5 Å². The average molecular weight is 263 g/mol. The summed E-state index contributed by atoms with van der Waals surface area (Å²) in [7, 11) is 0. The lowest BCUT2D eigenvalue weighted by Gasteiger charge is -2.13. The van der Waals surface area contributed by atoms with Crippen LogP contribution in [0.3, 0.4) is 0 Å². The van der Waals surface area contributed by atoms with E-state index in [0.29, 0.717) is 5.76 Å². The van der Waals surface area contributed by atoms with Crippen LogP contribution in [0.25, 0.3) is 0 Å². The van der Waals surface area contributed by atoms with Gasteiger partial charge in [-0.2, -0.15) is 4.39 Å². The smallest absolute Gasteiger partial charge is 0.270 e. The van der Waals surface area contributed by atoms with Gasteiger partial charge in [-0.1, -0.05) is 11.2 Å². The molecule has 0 aliphatic carbocycles. The van der Waals surface area contributed by atoms with Crippen LogP contribution >= 0.6 is 0 Å². The molecule has 0 aromatic carbocycles. The van der Waals surface area contributed by atoms with Crippen LogP contribution in [-0.2, 0) is 0 Å². The molecule has 0 bridgehead atoms. The van der Waals surface area contributed by atoms with E-state index >= 15 is 0 Å². The van der Waals surface area contributed by atoms with E-state index in [9.17, 15) is 9.18 Å². The van der Waals surface area contributed by atoms with E-state index in [1.165, 1.54) is 18.2 Å². The quantitative estimate of drug-likeness (QED) is 0.863. The van der Waals surface area contributed by atoms with Crippen molar-refractivity contribution in [3.63, 3.8) is 0 Å². The van der Waals surface area contributed by atoms with Crippen molar-refractivity contribution in [2.75, 3.05) is 0 Å². The maximum absolute atomic E-state index is 13.0. The SMILES string of the molecule is Cc1noc(C)c1C(C)NC(=O)c1cccc(F)n1. The van der Waals surface area contributed by atoms with Gasteiger partial charge >= 0.3 is 0 Å². The molecule has 0 spiro atoms. The van der Waals surface area contributed by atoms with Crippen molar-refractivity contribution in [3.8, 4) is 0 Å². The van der Waals surface area contributed by atoms with Crippen molar-refractivity contribution in [2.24, 2.45) is 0 Å². The molecule has 2 heterocycles. The lowest BCUT2D eigenvalue weighted by Crippen LogP contribution is -2.28. The first-order chi connectivity index (χ1) is 8.99. The lowest BCUT2D eigenvalue weighted by molar-refractivity contribution is 0.0933. The Bertz CT molecular complexity index is 590. The first kappa shape index (κ1) is 13.2. The molecule has 1 atom stereocenters. The van der Waals surface area contributed by atoms with Gasteiger partial charge in [0, 0.05) is 5.56 Å². The van der Waals surface area contributed by atoms with Gasteiger partial charge < -0.3 is 9.84 Å². The Balaban J connectivity index is 2.15. The number of halogens is 1. The second-order valence-electron chi connectivity index (χ2n) is 4.28. The third-order valence-electron chi connectivity index (χ3n) is 2.82. The molecular weight excluding hydrogens is 249 g/mol. The van der Waals surface area contributed by atoms with Gasteiger partial charge in [0.1, 0.15) is 11.5 Å². The second kappa shape index (κ2) is 5.17. The minimum Gasteiger partial charge on any atom is -0.361 e. The van der Waals surface area contributed by atoms with E-state index in [4.69, 9.17) is 4.52 Å². The number of nitrogens with one attached hydrogen (secondary N) is 1. The Morgan fingerprint density at radius 1 is 1.42 bits per heavy atom. The van der Waals surface area contributed by atoms with Crippen LogP contribution in [0, 0.1) is 19.8 Å². The van der Waals surface area contributed by atoms with Crippen LogP contribution in [-0.4, -0.2) is 16.0 Å². The molecule has 0 aliphatic rings. The Kier molecular flexibility index (Phi) is 3.59. The number of aromatic nitrogens is 2. The summed E-state index contributed by atoms with van der Waals surface area (Å²) in [5.41, 5.74) is 1.58. The molecule has 0 saturated heterocycles. The Hall–Kier alpha value is -2.24. The van der Waals surface area contributed by atoms with Gasteiger partial charge in [-0.3, -0.25) is 4.79 Å². The minimum atomic E-state index is -0.683. The van der Waals surface area contributed by atoms with Crippen LogP contribution in [0.2, 0.25) is 0 Å². The number of nitrogens with zero attached hydrogens (tertiary/aromatic N) is 2. The van der Waals surface area contributed by atoms with Crippen LogP contribution in [0.4, 0.5) is 4.39 Å². The van der Waals surface area contributed by atoms with Gasteiger partial charge in [-0.05, 0) is 32.9 Å². The zero-order chi connectivity index (χ0) is 14.0. The Morgan fingerprint density at radius 3 is 2.74 bits per heavy atom. The highest BCUT2D eigenvalue weighted by Gasteiger charge is 2.19. The van der Waals surface area contributed by atoms with Gasteiger partial charge in [0.25, 0.3) is 5.91 Å². The van der Waals surface area contributed by atoms with Crippen molar-refractivity contribution in [2.45, 2.75) is 26.8 Å². The Labute approximate surface area is 109 Å². The summed E-state index contributed by atoms with van der Waals surface area (Å²) in [6.07, 6.45) is 0. The Morgan fingerprint density at radius 2 is 2.16 bits per heavy atom. The predicted molar refractivity (Wildman–Crippen MR) is 66.1 cm³/mol. The first-order valence-electron chi connectivity index (χ1n) is 5.85. The summed E-state index contributed by atoms with van der Waals surface area (Å²) >= 11 is 0. The molecule has 0 aliphatic heterocycles. The molecule has 5 nitrogen and oxygen atoms in total. The molecule has 1 amide bonds. The number of hydrogen-bond donors (Lipinski definition) is 1. The highest BCUT2D eigenvalue weighted by atomic mass is 19.1. The maximum atomic E-state index is 13.0. The fourth-order valence-corrected chi connectivity index (χ4v) is 1.99. The van der Waals surface area contributed by atoms with Gasteiger partial charge in [-0.15, -0.1) is 0 Å². The third-order valence-corrected chi connectivity index (χ3v) is 2.82. The van der Waals surface area contributed by atoms with Crippen molar-refractivity contribution in [1.29, 1.82) is 0 Å². The molecule has 2 aromatic heterocycles. The molecule has 100 valence electrons. The number of carbonyl (C=O) groups excluding carboxylic acids is 1. The number of amides is 1. The number of rotatable bonds is 3. The summed E-state index contributed by atoms with van der Waals surface area (Å²) < 4.78 is 18.0. The van der Waals surface area contributed by atoms with Gasteiger partial charge in [-0.25, -0.2) is 4.98 Å². The summed E-state index contributed by atoms with van der Waals surface area (Å²) in [6, 6.07) is 3.80. The number of carbonyl (C=O) groups is 1. The highest BCUT2D eigenvalue weighted by Crippen LogP contribution is 2.21. The van der Waals surface area contributed by atoms with Crippen molar-refractivity contribution in [3.05, 3.63) is 46.9 Å². The normalized spacial score (nSPS) is 12.2. The zero-order valence-corrected chi connectivity index (χ0v) is 10.9. The van der Waals surface area contributed by atoms with Gasteiger partial charge in [0.2, 0.25) is 5.95 Å². The van der Waals surface area contributed by atoms with E-state index in [-0.39, 0.29) is 11.7 Å². The van der Waals surface area contributed by atoms with E-state index in [2.05, 4.69) is 15.5 Å². The topological polar surface area (TPSA) is 68.0 Å². The molecule has 1 unspecified atom stereocenters. The molecular formula is C13H14FN3O2. The fourth-order valence-electron chi connectivity index (χ4n) is 1.99. The van der Waals surface area contributed by atoms with Gasteiger partial charge in [0.15, 0.2) is 0 Å². The minimum absolute atomic E-state index is 0.0404. The molecule has 1 N–H and O–H groups in total. The van der Waals surface area contributed by atoms with Crippen LogP contribution in [0.5, 0.6) is 0 Å². The molecule has 0 fully saturated rings. The summed E-state index contributed by atoms with van der Waals surface area (Å²) in [4.78, 5) is 15.5. The third kappa shape index (κ3) is 2.78. The molecule has 2 rings (SSSR count). The van der Waals surface area contributed by atoms with E-state index in [1.807, 2.05) is 6.92 Å². The summed E-state index contributed by atoms with van der Waals surface area (Å²) in [6.45, 7) is 5.39. The molecule has 0 radical (unpaired) electrons. The zero-order valence-electron chi connectivity index (χ0n) is 10.9. The number of hydrogen-bond acceptors (Lipinski definition) is 4. The van der Waals surface area contributed by atoms with E-state index < -0.39 is 11.9 Å². The van der Waals surface area contributed by atoms with Crippen molar-refractivity contribution < 1.29 is 13.7 Å². The fraction of sp³-hybridized carbons (Fsp3) is 0.308. The predicted octanol–water partition coefficient (Wildman–Crippen LogP) is 2.32. The number of pyridine rings is 1. The van der Waals surface area contributed by atoms with Crippen molar-refractivity contribution >= 4 is 5.91 Å². The molecule has 19 heavy (non-hydrogen) atoms. The standard InChI is InChI=1S/C13H14FN3O2/c1-7(12-8(2)17-19-9(12)3)15-13(18)10-5-4-6-11(14)16-10/h4-7H,1-3H3,(H,15,18). The second-order valence-corrected chi connectivity index (χ2v) is 4.28. The largest absolute Gasteiger partial charge is 0.361 e. The molecule has 0 saturated carbocycles. The summed E-state index contributed by atoms with van der Waals surface area (Å²) in [5, 5.41) is 6.57. The van der Waals surface area contributed by atoms with Crippen LogP contribution < -0.4 is 5.32 Å². The number of aryl methyl sites for hydroxylation is 2. The highest BCUT2D eigenvalue weighted by molar-refractivity contribution is 5.92. The molecule has 6 heteroatoms. The first-order valence-corrected chi connectivity index (χ1v) is 5.85. The monoisotopic (exact) mass is 263 g/mol. The van der Waals surface area contributed by atoms with Crippen LogP contribution in [0.1, 0.15) is 40.5 Å². The van der Waals surface area contributed by atoms with E-state index in [0.717, 1.165) is 11.3 Å². The average Bonchev–Trinajstić information content (AvgIpc) is 2.69. The maximum Gasteiger partial charge on any atom is 0.270 e.